The lowest BCUT2D eigenvalue weighted by molar-refractivity contribution is 0.0911. The average Bonchev–Trinajstić information content (AvgIpc) is 2.03. The number of ether oxygens (including phenoxy) is 1. The van der Waals surface area contributed by atoms with Gasteiger partial charge in [0.25, 0.3) is 0 Å². The van der Waals surface area contributed by atoms with Crippen molar-refractivity contribution in [3.05, 3.63) is 0 Å². The topological polar surface area (TPSA) is 29.5 Å². The fourth-order valence-corrected chi connectivity index (χ4v) is 1.34. The minimum absolute atomic E-state index is 0.167. The molecule has 0 aromatic carbocycles. The fourth-order valence-electron chi connectivity index (χ4n) is 1.34. The van der Waals surface area contributed by atoms with Crippen LogP contribution in [0, 0.1) is 11.3 Å². The number of rotatable bonds is 6. The monoisotopic (exact) mass is 202 g/mol. The van der Waals surface area contributed by atoms with Crippen LogP contribution in [0.5, 0.6) is 0 Å². The van der Waals surface area contributed by atoms with E-state index in [1.807, 2.05) is 0 Å². The molecular weight excluding hydrogens is 176 g/mol. The fraction of sp³-hybridized carbons (Fsp3) is 1.00. The molecule has 0 saturated carbocycles. The third-order valence-electron chi connectivity index (χ3n) is 2.99. The van der Waals surface area contributed by atoms with E-state index in [0.29, 0.717) is 11.3 Å². The van der Waals surface area contributed by atoms with Crippen LogP contribution in [0.4, 0.5) is 0 Å². The minimum atomic E-state index is -0.167. The number of aliphatic hydroxyl groups excluding tert-OH is 1. The Labute approximate surface area is 88.7 Å². The third-order valence-corrected chi connectivity index (χ3v) is 2.99. The molecular formula is C12H26O2. The van der Waals surface area contributed by atoms with Gasteiger partial charge < -0.3 is 9.84 Å². The molecule has 14 heavy (non-hydrogen) atoms. The van der Waals surface area contributed by atoms with Crippen molar-refractivity contribution in [2.24, 2.45) is 11.3 Å². The Bertz CT molecular complexity index is 138. The molecule has 0 bridgehead atoms. The maximum atomic E-state index is 9.75. The summed E-state index contributed by atoms with van der Waals surface area (Å²) in [6, 6.07) is 0. The second-order valence-corrected chi connectivity index (χ2v) is 5.29. The Hall–Kier alpha value is -0.0800. The van der Waals surface area contributed by atoms with Crippen molar-refractivity contribution < 1.29 is 9.84 Å². The van der Waals surface area contributed by atoms with Crippen LogP contribution in [-0.2, 0) is 4.74 Å². The first-order valence-electron chi connectivity index (χ1n) is 5.55. The molecule has 0 aliphatic heterocycles. The van der Waals surface area contributed by atoms with E-state index in [-0.39, 0.29) is 6.10 Å². The highest BCUT2D eigenvalue weighted by Gasteiger charge is 2.22. The lowest BCUT2D eigenvalue weighted by Crippen LogP contribution is -2.23. The molecule has 2 atom stereocenters. The molecule has 86 valence electrons. The summed E-state index contributed by atoms with van der Waals surface area (Å²) < 4.78 is 4.95. The van der Waals surface area contributed by atoms with Crippen molar-refractivity contribution in [1.82, 2.24) is 0 Å². The zero-order valence-corrected chi connectivity index (χ0v) is 10.3. The summed E-state index contributed by atoms with van der Waals surface area (Å²) in [5.41, 5.74) is 0.294. The molecule has 0 aromatic heterocycles. The Balaban J connectivity index is 3.66. The summed E-state index contributed by atoms with van der Waals surface area (Å²) in [5.74, 6) is 0.556. The van der Waals surface area contributed by atoms with Gasteiger partial charge in [0.05, 0.1) is 6.10 Å². The normalized spacial score (nSPS) is 16.7. The van der Waals surface area contributed by atoms with Crippen LogP contribution in [0.2, 0.25) is 0 Å². The van der Waals surface area contributed by atoms with Gasteiger partial charge in [-0.15, -0.1) is 0 Å². The van der Waals surface area contributed by atoms with Gasteiger partial charge in [-0.05, 0) is 30.6 Å². The molecule has 0 fully saturated rings. The van der Waals surface area contributed by atoms with Crippen LogP contribution in [0.15, 0.2) is 0 Å². The van der Waals surface area contributed by atoms with E-state index in [0.717, 1.165) is 25.9 Å². The first-order chi connectivity index (χ1) is 6.38. The number of aliphatic hydroxyl groups is 1. The first kappa shape index (κ1) is 13.9. The van der Waals surface area contributed by atoms with E-state index in [1.165, 1.54) is 0 Å². The van der Waals surface area contributed by atoms with Gasteiger partial charge in [0.2, 0.25) is 0 Å². The molecule has 0 amide bonds. The standard InChI is InChI=1S/C12H26O2/c1-10(12(2,3)4)9-11(13)7-6-8-14-5/h10-11,13H,6-9H2,1-5H3. The van der Waals surface area contributed by atoms with Crippen molar-refractivity contribution in [3.63, 3.8) is 0 Å². The van der Waals surface area contributed by atoms with Crippen LogP contribution < -0.4 is 0 Å². The van der Waals surface area contributed by atoms with E-state index in [4.69, 9.17) is 4.74 Å². The molecule has 0 aromatic rings. The van der Waals surface area contributed by atoms with Crippen LogP contribution in [0.1, 0.15) is 47.0 Å². The Morgan fingerprint density at radius 1 is 1.29 bits per heavy atom. The molecule has 0 radical (unpaired) electrons. The van der Waals surface area contributed by atoms with E-state index in [9.17, 15) is 5.11 Å². The molecule has 0 spiro atoms. The smallest absolute Gasteiger partial charge is 0.0543 e. The van der Waals surface area contributed by atoms with Gasteiger partial charge in [-0.25, -0.2) is 0 Å². The zero-order chi connectivity index (χ0) is 11.2. The summed E-state index contributed by atoms with van der Waals surface area (Å²) in [7, 11) is 1.70. The molecule has 2 unspecified atom stereocenters. The molecule has 1 N–H and O–H groups in total. The van der Waals surface area contributed by atoms with E-state index in [2.05, 4.69) is 27.7 Å². The highest BCUT2D eigenvalue weighted by atomic mass is 16.5. The van der Waals surface area contributed by atoms with Crippen molar-refractivity contribution in [1.29, 1.82) is 0 Å². The molecule has 2 heteroatoms. The first-order valence-corrected chi connectivity index (χ1v) is 5.55. The van der Waals surface area contributed by atoms with E-state index >= 15 is 0 Å². The highest BCUT2D eigenvalue weighted by Crippen LogP contribution is 2.29. The van der Waals surface area contributed by atoms with Gasteiger partial charge in [0, 0.05) is 13.7 Å². The molecule has 0 rings (SSSR count). The summed E-state index contributed by atoms with van der Waals surface area (Å²) in [6.07, 6.45) is 2.54. The lowest BCUT2D eigenvalue weighted by atomic mass is 9.78. The van der Waals surface area contributed by atoms with Crippen molar-refractivity contribution in [2.45, 2.75) is 53.1 Å². The quantitative estimate of drug-likeness (QED) is 0.671. The number of methoxy groups -OCH3 is 1. The minimum Gasteiger partial charge on any atom is -0.393 e. The van der Waals surface area contributed by atoms with E-state index < -0.39 is 0 Å². The number of hydrogen-bond acceptors (Lipinski definition) is 2. The van der Waals surface area contributed by atoms with Crippen LogP contribution in [0.25, 0.3) is 0 Å². The van der Waals surface area contributed by atoms with E-state index in [1.54, 1.807) is 7.11 Å². The highest BCUT2D eigenvalue weighted by molar-refractivity contribution is 4.73. The van der Waals surface area contributed by atoms with Crippen LogP contribution >= 0.6 is 0 Å². The van der Waals surface area contributed by atoms with Gasteiger partial charge in [-0.2, -0.15) is 0 Å². The van der Waals surface area contributed by atoms with Gasteiger partial charge in [0.1, 0.15) is 0 Å². The van der Waals surface area contributed by atoms with Crippen LogP contribution in [0.3, 0.4) is 0 Å². The van der Waals surface area contributed by atoms with Crippen molar-refractivity contribution >= 4 is 0 Å². The lowest BCUT2D eigenvalue weighted by Gasteiger charge is -2.29. The zero-order valence-electron chi connectivity index (χ0n) is 10.3. The molecule has 0 saturated heterocycles. The van der Waals surface area contributed by atoms with Crippen LogP contribution in [-0.4, -0.2) is 24.9 Å². The van der Waals surface area contributed by atoms with Gasteiger partial charge in [0.15, 0.2) is 0 Å². The maximum absolute atomic E-state index is 9.75. The van der Waals surface area contributed by atoms with Gasteiger partial charge in [-0.1, -0.05) is 27.7 Å². The van der Waals surface area contributed by atoms with Crippen molar-refractivity contribution in [3.8, 4) is 0 Å². The Morgan fingerprint density at radius 2 is 1.86 bits per heavy atom. The second kappa shape index (κ2) is 6.41. The molecule has 2 nitrogen and oxygen atoms in total. The molecule has 0 aliphatic rings. The Morgan fingerprint density at radius 3 is 2.29 bits per heavy atom. The predicted octanol–water partition coefficient (Wildman–Crippen LogP) is 2.85. The summed E-state index contributed by atoms with van der Waals surface area (Å²) in [4.78, 5) is 0. The SMILES string of the molecule is COCCCC(O)CC(C)C(C)(C)C. The molecule has 0 aliphatic carbocycles. The Kier molecular flexibility index (Phi) is 6.38. The summed E-state index contributed by atoms with van der Waals surface area (Å²) >= 11 is 0. The summed E-state index contributed by atoms with van der Waals surface area (Å²) in [5, 5.41) is 9.75. The summed E-state index contributed by atoms with van der Waals surface area (Å²) in [6.45, 7) is 9.62. The third kappa shape index (κ3) is 6.39. The average molecular weight is 202 g/mol. The van der Waals surface area contributed by atoms with Gasteiger partial charge in [-0.3, -0.25) is 0 Å². The van der Waals surface area contributed by atoms with Crippen molar-refractivity contribution in [2.75, 3.05) is 13.7 Å². The molecule has 0 heterocycles. The number of hydrogen-bond donors (Lipinski definition) is 1. The predicted molar refractivity (Wildman–Crippen MR) is 60.4 cm³/mol. The van der Waals surface area contributed by atoms with Gasteiger partial charge >= 0.3 is 0 Å². The maximum Gasteiger partial charge on any atom is 0.0543 e. The largest absolute Gasteiger partial charge is 0.393 e. The second-order valence-electron chi connectivity index (χ2n) is 5.29.